The van der Waals surface area contributed by atoms with E-state index in [-0.39, 0.29) is 6.04 Å². The molecular formula is C15H12BrN3. The molecule has 0 spiro atoms. The lowest BCUT2D eigenvalue weighted by Gasteiger charge is -2.04. The summed E-state index contributed by atoms with van der Waals surface area (Å²) in [6, 6.07) is 14.2. The van der Waals surface area contributed by atoms with Gasteiger partial charge in [-0.2, -0.15) is 0 Å². The molecular weight excluding hydrogens is 302 g/mol. The third kappa shape index (κ3) is 2.96. The number of nitrogens with zero attached hydrogens (tertiary/aromatic N) is 3. The van der Waals surface area contributed by atoms with Gasteiger partial charge in [0, 0.05) is 16.9 Å². The van der Waals surface area contributed by atoms with E-state index in [4.69, 9.17) is 0 Å². The Kier molecular flexibility index (Phi) is 3.51. The van der Waals surface area contributed by atoms with Gasteiger partial charge in [0.1, 0.15) is 5.69 Å². The molecule has 0 fully saturated rings. The van der Waals surface area contributed by atoms with Crippen molar-refractivity contribution in [3.05, 3.63) is 64.4 Å². The molecule has 1 atom stereocenters. The van der Waals surface area contributed by atoms with Crippen molar-refractivity contribution in [2.24, 2.45) is 9.98 Å². The van der Waals surface area contributed by atoms with Crippen LogP contribution in [-0.2, 0) is 6.42 Å². The summed E-state index contributed by atoms with van der Waals surface area (Å²) >= 11 is 3.44. The second kappa shape index (κ2) is 5.45. The molecule has 0 radical (unpaired) electrons. The first-order valence-electron chi connectivity index (χ1n) is 6.09. The van der Waals surface area contributed by atoms with Crippen LogP contribution in [0.15, 0.2) is 63.1 Å². The van der Waals surface area contributed by atoms with Gasteiger partial charge < -0.3 is 0 Å². The molecule has 19 heavy (non-hydrogen) atoms. The van der Waals surface area contributed by atoms with E-state index in [1.807, 2.05) is 36.5 Å². The zero-order valence-electron chi connectivity index (χ0n) is 10.2. The average molecular weight is 314 g/mol. The van der Waals surface area contributed by atoms with Crippen molar-refractivity contribution in [1.29, 1.82) is 0 Å². The topological polar surface area (TPSA) is 37.6 Å². The maximum absolute atomic E-state index is 4.60. The summed E-state index contributed by atoms with van der Waals surface area (Å²) in [5.74, 6) is 0.725. The number of benzene rings is 1. The van der Waals surface area contributed by atoms with Crippen molar-refractivity contribution in [2.45, 2.75) is 12.5 Å². The quantitative estimate of drug-likeness (QED) is 0.856. The van der Waals surface area contributed by atoms with Crippen molar-refractivity contribution in [3.63, 3.8) is 0 Å². The number of aliphatic imine (C=N–C) groups is 2. The van der Waals surface area contributed by atoms with Gasteiger partial charge in [-0.1, -0.05) is 34.1 Å². The van der Waals surface area contributed by atoms with Crippen LogP contribution in [0.2, 0.25) is 0 Å². The van der Waals surface area contributed by atoms with Gasteiger partial charge in [-0.25, -0.2) is 4.99 Å². The maximum atomic E-state index is 4.60. The highest BCUT2D eigenvalue weighted by atomic mass is 79.9. The minimum absolute atomic E-state index is 0.109. The number of halogens is 1. The number of aromatic nitrogens is 1. The number of rotatable bonds is 3. The second-order valence-corrected chi connectivity index (χ2v) is 5.26. The predicted octanol–water partition coefficient (Wildman–Crippen LogP) is 3.29. The van der Waals surface area contributed by atoms with E-state index in [2.05, 4.69) is 43.0 Å². The summed E-state index contributed by atoms with van der Waals surface area (Å²) in [5.41, 5.74) is 2.09. The van der Waals surface area contributed by atoms with E-state index in [9.17, 15) is 0 Å². The third-order valence-electron chi connectivity index (χ3n) is 2.91. The highest BCUT2D eigenvalue weighted by Crippen LogP contribution is 2.15. The van der Waals surface area contributed by atoms with Gasteiger partial charge in [0.2, 0.25) is 0 Å². The molecule has 1 aliphatic rings. The maximum Gasteiger partial charge on any atom is 0.173 e. The van der Waals surface area contributed by atoms with E-state index in [0.29, 0.717) is 0 Å². The van der Waals surface area contributed by atoms with Crippen LogP contribution in [0.1, 0.15) is 11.3 Å². The van der Waals surface area contributed by atoms with Gasteiger partial charge in [0.15, 0.2) is 5.84 Å². The van der Waals surface area contributed by atoms with E-state index in [1.54, 1.807) is 6.20 Å². The smallest absolute Gasteiger partial charge is 0.173 e. The first-order valence-corrected chi connectivity index (χ1v) is 6.88. The van der Waals surface area contributed by atoms with Crippen molar-refractivity contribution in [1.82, 2.24) is 4.98 Å². The minimum atomic E-state index is 0.109. The minimum Gasteiger partial charge on any atom is -0.255 e. The second-order valence-electron chi connectivity index (χ2n) is 4.34. The van der Waals surface area contributed by atoms with Gasteiger partial charge in [-0.3, -0.25) is 9.98 Å². The van der Waals surface area contributed by atoms with Crippen LogP contribution in [0.5, 0.6) is 0 Å². The molecule has 1 unspecified atom stereocenters. The van der Waals surface area contributed by atoms with Gasteiger partial charge >= 0.3 is 0 Å². The van der Waals surface area contributed by atoms with E-state index < -0.39 is 0 Å². The zero-order chi connectivity index (χ0) is 13.1. The Morgan fingerprint density at radius 2 is 1.89 bits per heavy atom. The molecule has 0 N–H and O–H groups in total. The Morgan fingerprint density at radius 1 is 1.05 bits per heavy atom. The molecule has 0 aliphatic carbocycles. The Labute approximate surface area is 120 Å². The van der Waals surface area contributed by atoms with Crippen LogP contribution in [0.3, 0.4) is 0 Å². The fourth-order valence-corrected chi connectivity index (χ4v) is 2.23. The Balaban J connectivity index is 1.74. The molecule has 3 rings (SSSR count). The third-order valence-corrected chi connectivity index (χ3v) is 3.44. The van der Waals surface area contributed by atoms with Crippen molar-refractivity contribution in [3.8, 4) is 0 Å². The van der Waals surface area contributed by atoms with Gasteiger partial charge in [0.05, 0.1) is 6.04 Å². The zero-order valence-corrected chi connectivity index (χ0v) is 11.8. The number of pyridine rings is 1. The van der Waals surface area contributed by atoms with Crippen LogP contribution < -0.4 is 0 Å². The summed E-state index contributed by atoms with van der Waals surface area (Å²) in [7, 11) is 0. The monoisotopic (exact) mass is 313 g/mol. The molecule has 4 heteroatoms. The standard InChI is InChI=1S/C15H12BrN3/c16-12-6-4-11(5-7-12)9-13-10-18-15(19-13)14-3-1-2-8-17-14/h1-8,10,13H,9H2. The lowest BCUT2D eigenvalue weighted by molar-refractivity contribution is 0.879. The number of hydrogen-bond donors (Lipinski definition) is 0. The average Bonchev–Trinajstić information content (AvgIpc) is 2.91. The Morgan fingerprint density at radius 3 is 2.63 bits per heavy atom. The highest BCUT2D eigenvalue weighted by Gasteiger charge is 2.15. The highest BCUT2D eigenvalue weighted by molar-refractivity contribution is 9.10. The van der Waals surface area contributed by atoms with Crippen LogP contribution >= 0.6 is 15.9 Å². The lowest BCUT2D eigenvalue weighted by Crippen LogP contribution is -2.07. The van der Waals surface area contributed by atoms with Crippen LogP contribution in [0.4, 0.5) is 0 Å². The predicted molar refractivity (Wildman–Crippen MR) is 80.9 cm³/mol. The van der Waals surface area contributed by atoms with Crippen LogP contribution in [-0.4, -0.2) is 23.1 Å². The molecule has 3 nitrogen and oxygen atoms in total. The number of amidine groups is 1. The van der Waals surface area contributed by atoms with Gasteiger partial charge in [-0.05, 0) is 36.2 Å². The fraction of sp³-hybridized carbons (Fsp3) is 0.133. The van der Waals surface area contributed by atoms with E-state index in [1.165, 1.54) is 5.56 Å². The lowest BCUT2D eigenvalue weighted by atomic mass is 10.1. The summed E-state index contributed by atoms with van der Waals surface area (Å²) in [4.78, 5) is 13.2. The van der Waals surface area contributed by atoms with Gasteiger partial charge in [-0.15, -0.1) is 0 Å². The van der Waals surface area contributed by atoms with Crippen molar-refractivity contribution < 1.29 is 0 Å². The summed E-state index contributed by atoms with van der Waals surface area (Å²) in [6.45, 7) is 0. The van der Waals surface area contributed by atoms with Crippen molar-refractivity contribution >= 4 is 28.0 Å². The first-order chi connectivity index (χ1) is 9.31. The van der Waals surface area contributed by atoms with Gasteiger partial charge in [0.25, 0.3) is 0 Å². The Bertz CT molecular complexity index is 618. The summed E-state index contributed by atoms with van der Waals surface area (Å²) < 4.78 is 1.09. The molecule has 94 valence electrons. The fourth-order valence-electron chi connectivity index (χ4n) is 1.97. The molecule has 2 heterocycles. The molecule has 0 amide bonds. The summed E-state index contributed by atoms with van der Waals surface area (Å²) in [5, 5.41) is 0. The molecule has 1 aliphatic heterocycles. The van der Waals surface area contributed by atoms with Crippen molar-refractivity contribution in [2.75, 3.05) is 0 Å². The molecule has 0 saturated heterocycles. The Hall–Kier alpha value is -1.81. The largest absolute Gasteiger partial charge is 0.255 e. The van der Waals surface area contributed by atoms with Crippen LogP contribution in [0, 0.1) is 0 Å². The molecule has 1 aromatic heterocycles. The normalized spacial score (nSPS) is 17.5. The summed E-state index contributed by atoms with van der Waals surface area (Å²) in [6.07, 6.45) is 4.52. The molecule has 0 saturated carbocycles. The van der Waals surface area contributed by atoms with E-state index in [0.717, 1.165) is 22.4 Å². The van der Waals surface area contributed by atoms with Crippen LogP contribution in [0.25, 0.3) is 0 Å². The van der Waals surface area contributed by atoms with E-state index >= 15 is 0 Å². The number of hydrogen-bond acceptors (Lipinski definition) is 3. The first kappa shape index (κ1) is 12.2. The molecule has 1 aromatic carbocycles. The molecule has 0 bridgehead atoms. The SMILES string of the molecule is Brc1ccc(CC2C=NC(c3ccccn3)=N2)cc1. The molecule has 2 aromatic rings.